The number of hydrogen-bond donors (Lipinski definition) is 2. The zero-order valence-corrected chi connectivity index (χ0v) is 12.4. The van der Waals surface area contributed by atoms with Gasteiger partial charge in [0.05, 0.1) is 0 Å². The Kier molecular flexibility index (Phi) is 3.65. The molecule has 0 radical (unpaired) electrons. The summed E-state index contributed by atoms with van der Waals surface area (Å²) in [6.07, 6.45) is 0.985. The van der Waals surface area contributed by atoms with Gasteiger partial charge in [-0.1, -0.05) is 32.0 Å². The molecule has 2 aromatic carbocycles. The van der Waals surface area contributed by atoms with Gasteiger partial charge >= 0.3 is 0 Å². The molecule has 0 fully saturated rings. The monoisotopic (exact) mass is 280 g/mol. The third kappa shape index (κ3) is 2.77. The van der Waals surface area contributed by atoms with Crippen LogP contribution >= 0.6 is 0 Å². The average molecular weight is 280 g/mol. The van der Waals surface area contributed by atoms with Crippen LogP contribution in [0.5, 0.6) is 0 Å². The lowest BCUT2D eigenvalue weighted by atomic mass is 10.0. The van der Waals surface area contributed by atoms with E-state index in [1.165, 1.54) is 5.56 Å². The van der Waals surface area contributed by atoms with Crippen LogP contribution < -0.4 is 10.6 Å². The maximum absolute atomic E-state index is 12.5. The molecule has 1 amide bonds. The maximum atomic E-state index is 12.5. The van der Waals surface area contributed by atoms with Gasteiger partial charge in [0.25, 0.3) is 5.91 Å². The maximum Gasteiger partial charge on any atom is 0.255 e. The first-order valence-electron chi connectivity index (χ1n) is 7.42. The second-order valence-corrected chi connectivity index (χ2v) is 5.74. The zero-order valence-electron chi connectivity index (χ0n) is 12.4. The molecule has 1 heterocycles. The summed E-state index contributed by atoms with van der Waals surface area (Å²) >= 11 is 0. The predicted molar refractivity (Wildman–Crippen MR) is 87.1 cm³/mol. The third-order valence-corrected chi connectivity index (χ3v) is 3.91. The molecule has 0 saturated carbocycles. The molecular formula is C18H20N2O. The van der Waals surface area contributed by atoms with Crippen molar-refractivity contribution < 1.29 is 4.79 Å². The molecule has 3 nitrogen and oxygen atoms in total. The van der Waals surface area contributed by atoms with Crippen molar-refractivity contribution in [2.45, 2.75) is 26.2 Å². The third-order valence-electron chi connectivity index (χ3n) is 3.91. The lowest BCUT2D eigenvalue weighted by molar-refractivity contribution is 0.102. The molecule has 3 heteroatoms. The molecule has 1 aliphatic heterocycles. The van der Waals surface area contributed by atoms with Crippen molar-refractivity contribution in [2.24, 2.45) is 0 Å². The number of fused-ring (bicyclic) bond motifs is 1. The van der Waals surface area contributed by atoms with Crippen molar-refractivity contribution in [3.63, 3.8) is 0 Å². The van der Waals surface area contributed by atoms with E-state index in [0.717, 1.165) is 35.5 Å². The minimum absolute atomic E-state index is 0.0437. The molecule has 2 N–H and O–H groups in total. The number of amides is 1. The van der Waals surface area contributed by atoms with Gasteiger partial charge in [-0.05, 0) is 47.7 Å². The van der Waals surface area contributed by atoms with Crippen LogP contribution in [0.4, 0.5) is 11.4 Å². The Balaban J connectivity index is 1.84. The van der Waals surface area contributed by atoms with E-state index in [4.69, 9.17) is 0 Å². The Labute approximate surface area is 125 Å². The minimum Gasteiger partial charge on any atom is -0.384 e. The highest BCUT2D eigenvalue weighted by molar-refractivity contribution is 6.05. The number of rotatable bonds is 3. The highest BCUT2D eigenvalue weighted by Crippen LogP contribution is 2.26. The number of carbonyl (C=O) groups excluding carboxylic acids is 1. The smallest absolute Gasteiger partial charge is 0.255 e. The van der Waals surface area contributed by atoms with Crippen LogP contribution in [0.3, 0.4) is 0 Å². The summed E-state index contributed by atoms with van der Waals surface area (Å²) in [6.45, 7) is 5.22. The fraction of sp³-hybridized carbons (Fsp3) is 0.278. The first kappa shape index (κ1) is 13.7. The molecule has 108 valence electrons. The number of para-hydroxylation sites is 1. The Bertz CT molecular complexity index is 677. The van der Waals surface area contributed by atoms with Gasteiger partial charge in [0.1, 0.15) is 0 Å². The molecule has 0 aliphatic carbocycles. The largest absolute Gasteiger partial charge is 0.384 e. The highest BCUT2D eigenvalue weighted by atomic mass is 16.1. The number of benzene rings is 2. The number of anilines is 2. The van der Waals surface area contributed by atoms with Crippen LogP contribution in [0.1, 0.15) is 41.3 Å². The molecule has 0 atom stereocenters. The van der Waals surface area contributed by atoms with Crippen molar-refractivity contribution in [1.29, 1.82) is 0 Å². The standard InChI is InChI=1S/C18H20N2O/c1-12(2)15-5-3-4-6-17(15)20-18(21)14-7-8-16-13(11-14)9-10-19-16/h3-8,11-12,19H,9-10H2,1-2H3,(H,20,21). The van der Waals surface area contributed by atoms with Gasteiger partial charge in [-0.2, -0.15) is 0 Å². The first-order valence-corrected chi connectivity index (χ1v) is 7.42. The first-order chi connectivity index (χ1) is 10.1. The van der Waals surface area contributed by atoms with E-state index in [1.54, 1.807) is 0 Å². The van der Waals surface area contributed by atoms with E-state index in [1.807, 2.05) is 36.4 Å². The fourth-order valence-corrected chi connectivity index (χ4v) is 2.75. The van der Waals surface area contributed by atoms with Gasteiger partial charge in [-0.15, -0.1) is 0 Å². The van der Waals surface area contributed by atoms with E-state index >= 15 is 0 Å². The molecule has 3 rings (SSSR count). The Morgan fingerprint density at radius 2 is 2.00 bits per heavy atom. The van der Waals surface area contributed by atoms with Crippen molar-refractivity contribution >= 4 is 17.3 Å². The molecule has 1 aliphatic rings. The summed E-state index contributed by atoms with van der Waals surface area (Å²) in [7, 11) is 0. The number of carbonyl (C=O) groups is 1. The SMILES string of the molecule is CC(C)c1ccccc1NC(=O)c1ccc2c(c1)CCN2. The Hall–Kier alpha value is -2.29. The van der Waals surface area contributed by atoms with E-state index in [-0.39, 0.29) is 5.91 Å². The summed E-state index contributed by atoms with van der Waals surface area (Å²) in [6, 6.07) is 13.8. The van der Waals surface area contributed by atoms with Crippen LogP contribution in [0, 0.1) is 0 Å². The van der Waals surface area contributed by atoms with Gasteiger partial charge in [-0.3, -0.25) is 4.79 Å². The summed E-state index contributed by atoms with van der Waals surface area (Å²) < 4.78 is 0. The Morgan fingerprint density at radius 3 is 2.81 bits per heavy atom. The highest BCUT2D eigenvalue weighted by Gasteiger charge is 2.15. The van der Waals surface area contributed by atoms with Gasteiger partial charge in [0, 0.05) is 23.5 Å². The van der Waals surface area contributed by atoms with Crippen LogP contribution in [0.15, 0.2) is 42.5 Å². The average Bonchev–Trinajstić information content (AvgIpc) is 2.94. The molecule has 0 spiro atoms. The minimum atomic E-state index is -0.0437. The molecule has 0 saturated heterocycles. The molecule has 0 aromatic heterocycles. The topological polar surface area (TPSA) is 41.1 Å². The summed E-state index contributed by atoms with van der Waals surface area (Å²) in [5.74, 6) is 0.337. The summed E-state index contributed by atoms with van der Waals surface area (Å²) in [5, 5.41) is 6.35. The number of hydrogen-bond acceptors (Lipinski definition) is 2. The lowest BCUT2D eigenvalue weighted by Crippen LogP contribution is -2.13. The van der Waals surface area contributed by atoms with E-state index in [9.17, 15) is 4.79 Å². The predicted octanol–water partition coefficient (Wildman–Crippen LogP) is 4.03. The van der Waals surface area contributed by atoms with Crippen molar-refractivity contribution in [3.8, 4) is 0 Å². The van der Waals surface area contributed by atoms with E-state index < -0.39 is 0 Å². The van der Waals surface area contributed by atoms with Crippen LogP contribution in [-0.2, 0) is 6.42 Å². The molecule has 2 aromatic rings. The summed E-state index contributed by atoms with van der Waals surface area (Å²) in [4.78, 5) is 12.5. The van der Waals surface area contributed by atoms with E-state index in [2.05, 4.69) is 30.5 Å². The quantitative estimate of drug-likeness (QED) is 0.891. The van der Waals surface area contributed by atoms with Gasteiger partial charge < -0.3 is 10.6 Å². The molecule has 0 bridgehead atoms. The van der Waals surface area contributed by atoms with Crippen LogP contribution in [-0.4, -0.2) is 12.5 Å². The normalized spacial score (nSPS) is 12.9. The van der Waals surface area contributed by atoms with Gasteiger partial charge in [0.15, 0.2) is 0 Å². The van der Waals surface area contributed by atoms with E-state index in [0.29, 0.717) is 5.92 Å². The van der Waals surface area contributed by atoms with Crippen molar-refractivity contribution in [1.82, 2.24) is 0 Å². The Morgan fingerprint density at radius 1 is 1.19 bits per heavy atom. The van der Waals surface area contributed by atoms with Gasteiger partial charge in [0.2, 0.25) is 0 Å². The van der Waals surface area contributed by atoms with Crippen LogP contribution in [0.2, 0.25) is 0 Å². The van der Waals surface area contributed by atoms with Crippen molar-refractivity contribution in [2.75, 3.05) is 17.2 Å². The summed E-state index contributed by atoms with van der Waals surface area (Å²) in [5.41, 5.74) is 5.15. The molecule has 21 heavy (non-hydrogen) atoms. The zero-order chi connectivity index (χ0) is 14.8. The fourth-order valence-electron chi connectivity index (χ4n) is 2.75. The second-order valence-electron chi connectivity index (χ2n) is 5.74. The molecule has 0 unspecified atom stereocenters. The lowest BCUT2D eigenvalue weighted by Gasteiger charge is -2.14. The molecular weight excluding hydrogens is 260 g/mol. The number of nitrogens with one attached hydrogen (secondary N) is 2. The van der Waals surface area contributed by atoms with Crippen LogP contribution in [0.25, 0.3) is 0 Å². The second kappa shape index (κ2) is 5.60. The van der Waals surface area contributed by atoms with Gasteiger partial charge in [-0.25, -0.2) is 0 Å². The van der Waals surface area contributed by atoms with Crippen molar-refractivity contribution in [3.05, 3.63) is 59.2 Å².